The van der Waals surface area contributed by atoms with E-state index in [2.05, 4.69) is 16.9 Å². The SMILES string of the molecule is CCCOc1ccc(Oc2cnc(C#N)cn2)cc1. The van der Waals surface area contributed by atoms with Gasteiger partial charge in [-0.05, 0) is 30.7 Å². The molecular formula is C14H13N3O2. The first-order chi connectivity index (χ1) is 9.31. The molecule has 19 heavy (non-hydrogen) atoms. The van der Waals surface area contributed by atoms with Crippen molar-refractivity contribution in [3.05, 3.63) is 42.4 Å². The van der Waals surface area contributed by atoms with E-state index in [1.54, 1.807) is 12.1 Å². The van der Waals surface area contributed by atoms with Gasteiger partial charge in [-0.2, -0.15) is 5.26 Å². The molecule has 0 N–H and O–H groups in total. The Balaban J connectivity index is 2.00. The van der Waals surface area contributed by atoms with Crippen LogP contribution in [0.15, 0.2) is 36.7 Å². The largest absolute Gasteiger partial charge is 0.494 e. The van der Waals surface area contributed by atoms with E-state index in [-0.39, 0.29) is 5.69 Å². The van der Waals surface area contributed by atoms with Gasteiger partial charge in [-0.1, -0.05) is 6.92 Å². The van der Waals surface area contributed by atoms with E-state index in [1.807, 2.05) is 18.2 Å². The average molecular weight is 255 g/mol. The Labute approximate surface area is 111 Å². The number of rotatable bonds is 5. The minimum Gasteiger partial charge on any atom is -0.494 e. The molecule has 0 aliphatic heterocycles. The van der Waals surface area contributed by atoms with Crippen molar-refractivity contribution in [2.45, 2.75) is 13.3 Å². The second-order valence-electron chi connectivity index (χ2n) is 3.77. The summed E-state index contributed by atoms with van der Waals surface area (Å²) in [6.07, 6.45) is 3.76. The van der Waals surface area contributed by atoms with Gasteiger partial charge in [0.2, 0.25) is 5.88 Å². The van der Waals surface area contributed by atoms with E-state index >= 15 is 0 Å². The molecule has 0 unspecified atom stereocenters. The first kappa shape index (κ1) is 12.8. The summed E-state index contributed by atoms with van der Waals surface area (Å²) < 4.78 is 11.0. The third kappa shape index (κ3) is 3.68. The number of nitriles is 1. The number of hydrogen-bond donors (Lipinski definition) is 0. The lowest BCUT2D eigenvalue weighted by Gasteiger charge is -2.06. The van der Waals surface area contributed by atoms with Gasteiger partial charge in [0, 0.05) is 0 Å². The maximum Gasteiger partial charge on any atom is 0.237 e. The minimum atomic E-state index is 0.260. The zero-order valence-electron chi connectivity index (χ0n) is 10.5. The van der Waals surface area contributed by atoms with Crippen LogP contribution in [-0.2, 0) is 0 Å². The standard InChI is InChI=1S/C14H13N3O2/c1-2-7-18-12-3-5-13(6-4-12)19-14-10-16-11(8-15)9-17-14/h3-6,9-10H,2,7H2,1H3. The summed E-state index contributed by atoms with van der Waals surface area (Å²) in [5, 5.41) is 8.61. The molecule has 0 aliphatic carbocycles. The van der Waals surface area contributed by atoms with Crippen LogP contribution in [-0.4, -0.2) is 16.6 Å². The molecule has 2 aromatic rings. The maximum absolute atomic E-state index is 8.61. The quantitative estimate of drug-likeness (QED) is 0.821. The molecule has 1 aromatic heterocycles. The van der Waals surface area contributed by atoms with Gasteiger partial charge >= 0.3 is 0 Å². The fraction of sp³-hybridized carbons (Fsp3) is 0.214. The lowest BCUT2D eigenvalue weighted by Crippen LogP contribution is -1.95. The Hall–Kier alpha value is -2.61. The molecule has 1 aromatic carbocycles. The summed E-state index contributed by atoms with van der Waals surface area (Å²) in [7, 11) is 0. The monoisotopic (exact) mass is 255 g/mol. The third-order valence-corrected chi connectivity index (χ3v) is 2.26. The normalized spacial score (nSPS) is 9.68. The van der Waals surface area contributed by atoms with Gasteiger partial charge in [-0.3, -0.25) is 0 Å². The summed E-state index contributed by atoms with van der Waals surface area (Å²) in [4.78, 5) is 7.86. The molecule has 0 atom stereocenters. The Bertz CT molecular complexity index is 559. The van der Waals surface area contributed by atoms with Crippen molar-refractivity contribution in [2.75, 3.05) is 6.61 Å². The van der Waals surface area contributed by atoms with Crippen molar-refractivity contribution in [3.8, 4) is 23.4 Å². The lowest BCUT2D eigenvalue weighted by molar-refractivity contribution is 0.317. The second kappa shape index (κ2) is 6.36. The Morgan fingerprint density at radius 3 is 2.42 bits per heavy atom. The van der Waals surface area contributed by atoms with Gasteiger partial charge in [-0.25, -0.2) is 9.97 Å². The van der Waals surface area contributed by atoms with Crippen LogP contribution in [0.25, 0.3) is 0 Å². The van der Waals surface area contributed by atoms with E-state index in [1.165, 1.54) is 12.4 Å². The topological polar surface area (TPSA) is 68.0 Å². The fourth-order valence-corrected chi connectivity index (χ4v) is 1.37. The van der Waals surface area contributed by atoms with Crippen molar-refractivity contribution >= 4 is 0 Å². The summed E-state index contributed by atoms with van der Waals surface area (Å²) in [6.45, 7) is 2.75. The highest BCUT2D eigenvalue weighted by molar-refractivity contribution is 5.33. The molecule has 0 fully saturated rings. The van der Waals surface area contributed by atoms with Gasteiger partial charge in [0.05, 0.1) is 19.0 Å². The van der Waals surface area contributed by atoms with Crippen molar-refractivity contribution in [2.24, 2.45) is 0 Å². The van der Waals surface area contributed by atoms with Gasteiger partial charge < -0.3 is 9.47 Å². The molecule has 0 spiro atoms. The molecule has 0 amide bonds. The van der Waals surface area contributed by atoms with Crippen molar-refractivity contribution in [3.63, 3.8) is 0 Å². The zero-order chi connectivity index (χ0) is 13.5. The van der Waals surface area contributed by atoms with Gasteiger partial charge in [-0.15, -0.1) is 0 Å². The summed E-state index contributed by atoms with van der Waals surface area (Å²) >= 11 is 0. The van der Waals surface area contributed by atoms with Crippen molar-refractivity contribution < 1.29 is 9.47 Å². The molecule has 5 nitrogen and oxygen atoms in total. The summed E-state index contributed by atoms with van der Waals surface area (Å²) in [5.41, 5.74) is 0.260. The summed E-state index contributed by atoms with van der Waals surface area (Å²) in [5.74, 6) is 1.80. The molecule has 0 radical (unpaired) electrons. The van der Waals surface area contributed by atoms with E-state index in [9.17, 15) is 0 Å². The van der Waals surface area contributed by atoms with Crippen LogP contribution >= 0.6 is 0 Å². The third-order valence-electron chi connectivity index (χ3n) is 2.26. The first-order valence-electron chi connectivity index (χ1n) is 5.94. The first-order valence-corrected chi connectivity index (χ1v) is 5.94. The highest BCUT2D eigenvalue weighted by Gasteiger charge is 2.01. The van der Waals surface area contributed by atoms with Crippen LogP contribution in [0.1, 0.15) is 19.0 Å². The highest BCUT2D eigenvalue weighted by atomic mass is 16.5. The smallest absolute Gasteiger partial charge is 0.237 e. The predicted molar refractivity (Wildman–Crippen MR) is 69.0 cm³/mol. The number of hydrogen-bond acceptors (Lipinski definition) is 5. The molecule has 0 aliphatic rings. The predicted octanol–water partition coefficient (Wildman–Crippen LogP) is 2.93. The Morgan fingerprint density at radius 1 is 1.11 bits per heavy atom. The Kier molecular flexibility index (Phi) is 4.29. The second-order valence-corrected chi connectivity index (χ2v) is 3.77. The number of aromatic nitrogens is 2. The van der Waals surface area contributed by atoms with E-state index in [0.717, 1.165) is 12.2 Å². The summed E-state index contributed by atoms with van der Waals surface area (Å²) in [6, 6.07) is 9.16. The van der Waals surface area contributed by atoms with Gasteiger partial charge in [0.15, 0.2) is 5.69 Å². The molecule has 2 rings (SSSR count). The Morgan fingerprint density at radius 2 is 1.84 bits per heavy atom. The zero-order valence-corrected chi connectivity index (χ0v) is 10.5. The van der Waals surface area contributed by atoms with Crippen LogP contribution in [0.3, 0.4) is 0 Å². The molecule has 1 heterocycles. The van der Waals surface area contributed by atoms with E-state index < -0.39 is 0 Å². The number of nitrogens with zero attached hydrogens (tertiary/aromatic N) is 3. The molecule has 0 bridgehead atoms. The maximum atomic E-state index is 8.61. The molecule has 0 saturated carbocycles. The van der Waals surface area contributed by atoms with E-state index in [4.69, 9.17) is 14.7 Å². The van der Waals surface area contributed by atoms with Crippen molar-refractivity contribution in [1.82, 2.24) is 9.97 Å². The lowest BCUT2D eigenvalue weighted by atomic mass is 10.3. The molecule has 0 saturated heterocycles. The van der Waals surface area contributed by atoms with Crippen LogP contribution in [0, 0.1) is 11.3 Å². The van der Waals surface area contributed by atoms with Gasteiger partial charge in [0.25, 0.3) is 0 Å². The van der Waals surface area contributed by atoms with E-state index in [0.29, 0.717) is 18.2 Å². The molecular weight excluding hydrogens is 242 g/mol. The average Bonchev–Trinajstić information content (AvgIpc) is 2.47. The van der Waals surface area contributed by atoms with Gasteiger partial charge in [0.1, 0.15) is 17.6 Å². The fourth-order valence-electron chi connectivity index (χ4n) is 1.37. The van der Waals surface area contributed by atoms with Crippen LogP contribution in [0.4, 0.5) is 0 Å². The number of benzene rings is 1. The molecule has 96 valence electrons. The number of ether oxygens (including phenoxy) is 2. The van der Waals surface area contributed by atoms with Crippen LogP contribution < -0.4 is 9.47 Å². The minimum absolute atomic E-state index is 0.260. The molecule has 5 heteroatoms. The van der Waals surface area contributed by atoms with Crippen LogP contribution in [0.2, 0.25) is 0 Å². The van der Waals surface area contributed by atoms with Crippen molar-refractivity contribution in [1.29, 1.82) is 5.26 Å². The highest BCUT2D eigenvalue weighted by Crippen LogP contribution is 2.22. The van der Waals surface area contributed by atoms with Crippen LogP contribution in [0.5, 0.6) is 17.4 Å².